The summed E-state index contributed by atoms with van der Waals surface area (Å²) < 4.78 is 1.46. The van der Waals surface area contributed by atoms with Gasteiger partial charge in [-0.1, -0.05) is 11.6 Å². The Balaban J connectivity index is 2.26. The summed E-state index contributed by atoms with van der Waals surface area (Å²) in [5, 5.41) is 18.4. The van der Waals surface area contributed by atoms with Crippen LogP contribution in [0.4, 0.5) is 0 Å². The molecule has 0 aliphatic rings. The lowest BCUT2D eigenvalue weighted by Crippen LogP contribution is -2.07. The average Bonchev–Trinajstić information content (AvgIpc) is 2.73. The van der Waals surface area contributed by atoms with Gasteiger partial charge >= 0.3 is 0 Å². The van der Waals surface area contributed by atoms with Gasteiger partial charge in [0, 0.05) is 6.07 Å². The molecule has 3 rings (SSSR count). The number of nitrogens with one attached hydrogen (secondary N) is 1. The fraction of sp³-hybridized carbons (Fsp3) is 0. The molecule has 0 radical (unpaired) electrons. The molecular weight excluding hydrogens is 244 g/mol. The first-order valence-electron chi connectivity index (χ1n) is 4.68. The van der Waals surface area contributed by atoms with Crippen molar-refractivity contribution in [3.63, 3.8) is 0 Å². The zero-order valence-electron chi connectivity index (χ0n) is 8.33. The number of rotatable bonds is 1. The first kappa shape index (κ1) is 9.91. The number of fused-ring (bicyclic) bond motifs is 1. The summed E-state index contributed by atoms with van der Waals surface area (Å²) in [7, 11) is 0. The van der Waals surface area contributed by atoms with Crippen LogP contribution in [-0.2, 0) is 0 Å². The topological polar surface area (TPSA) is 88.8 Å². The minimum atomic E-state index is -0.284. The molecule has 0 aromatic carbocycles. The summed E-state index contributed by atoms with van der Waals surface area (Å²) in [5.41, 5.74) is 0.734. The van der Waals surface area contributed by atoms with Crippen LogP contribution in [0.15, 0.2) is 29.1 Å². The van der Waals surface area contributed by atoms with Crippen molar-refractivity contribution in [3.8, 4) is 11.5 Å². The fourth-order valence-corrected chi connectivity index (χ4v) is 1.53. The predicted molar refractivity (Wildman–Crippen MR) is 59.6 cm³/mol. The third kappa shape index (κ3) is 1.66. The van der Waals surface area contributed by atoms with Crippen molar-refractivity contribution in [1.29, 1.82) is 0 Å². The fourth-order valence-electron chi connectivity index (χ4n) is 1.40. The molecule has 3 aromatic rings. The van der Waals surface area contributed by atoms with E-state index in [1.807, 2.05) is 0 Å². The van der Waals surface area contributed by atoms with Gasteiger partial charge in [-0.3, -0.25) is 4.79 Å². The van der Waals surface area contributed by atoms with E-state index in [9.17, 15) is 4.79 Å². The molecule has 84 valence electrons. The van der Waals surface area contributed by atoms with Gasteiger partial charge in [-0.2, -0.15) is 14.7 Å². The lowest BCUT2D eigenvalue weighted by molar-refractivity contribution is 0.909. The van der Waals surface area contributed by atoms with Crippen LogP contribution in [0, 0.1) is 0 Å². The molecule has 0 saturated heterocycles. The van der Waals surface area contributed by atoms with Crippen molar-refractivity contribution < 1.29 is 0 Å². The van der Waals surface area contributed by atoms with Gasteiger partial charge in [0.25, 0.3) is 5.56 Å². The van der Waals surface area contributed by atoms with E-state index in [1.165, 1.54) is 16.6 Å². The van der Waals surface area contributed by atoms with Crippen molar-refractivity contribution >= 4 is 17.2 Å². The second kappa shape index (κ2) is 3.63. The Morgan fingerprint density at radius 2 is 2.06 bits per heavy atom. The number of aromatic nitrogens is 6. The first-order valence-corrected chi connectivity index (χ1v) is 5.06. The first-order chi connectivity index (χ1) is 8.24. The summed E-state index contributed by atoms with van der Waals surface area (Å²) in [6.07, 6.45) is 0. The van der Waals surface area contributed by atoms with Crippen molar-refractivity contribution in [2.45, 2.75) is 0 Å². The van der Waals surface area contributed by atoms with Crippen LogP contribution >= 0.6 is 11.6 Å². The third-order valence-corrected chi connectivity index (χ3v) is 2.34. The van der Waals surface area contributed by atoms with Gasteiger partial charge in [0.1, 0.15) is 10.8 Å². The molecule has 0 saturated carbocycles. The van der Waals surface area contributed by atoms with E-state index in [1.54, 1.807) is 12.1 Å². The van der Waals surface area contributed by atoms with Crippen molar-refractivity contribution in [3.05, 3.63) is 39.8 Å². The second-order valence-corrected chi connectivity index (χ2v) is 3.64. The average molecular weight is 249 g/mol. The minimum Gasteiger partial charge on any atom is -0.268 e. The maximum absolute atomic E-state index is 10.9. The van der Waals surface area contributed by atoms with Gasteiger partial charge in [-0.15, -0.1) is 10.2 Å². The summed E-state index contributed by atoms with van der Waals surface area (Å²) in [6.45, 7) is 0. The maximum Gasteiger partial charge on any atom is 0.264 e. The standard InChI is InChI=1S/C9H5ClN6O/c10-6-2-3-7-12-14-9(16(7)15-6)5-1-4-8(17)13-11-5/h1-4H,(H,13,17). The molecule has 1 N–H and O–H groups in total. The molecule has 17 heavy (non-hydrogen) atoms. The number of aromatic amines is 1. The molecule has 0 spiro atoms. The molecule has 8 heteroatoms. The molecule has 3 heterocycles. The Morgan fingerprint density at radius 1 is 1.18 bits per heavy atom. The summed E-state index contributed by atoms with van der Waals surface area (Å²) >= 11 is 5.79. The molecule has 0 bridgehead atoms. The SMILES string of the molecule is O=c1ccc(-c2nnc3ccc(Cl)nn23)n[nH]1. The summed E-state index contributed by atoms with van der Waals surface area (Å²) in [6, 6.07) is 6.21. The second-order valence-electron chi connectivity index (χ2n) is 3.26. The molecule has 0 aliphatic heterocycles. The van der Waals surface area contributed by atoms with Crippen LogP contribution in [0.25, 0.3) is 17.2 Å². The molecule has 7 nitrogen and oxygen atoms in total. The Bertz CT molecular complexity index is 728. The zero-order valence-corrected chi connectivity index (χ0v) is 9.09. The number of hydrogen-bond donors (Lipinski definition) is 1. The lowest BCUT2D eigenvalue weighted by Gasteiger charge is -1.97. The van der Waals surface area contributed by atoms with Gasteiger partial charge < -0.3 is 0 Å². The van der Waals surface area contributed by atoms with Gasteiger partial charge in [0.2, 0.25) is 5.82 Å². The largest absolute Gasteiger partial charge is 0.268 e. The van der Waals surface area contributed by atoms with E-state index in [2.05, 4.69) is 25.5 Å². The van der Waals surface area contributed by atoms with Crippen molar-refractivity contribution in [2.75, 3.05) is 0 Å². The molecule has 0 atom stereocenters. The molecular formula is C9H5ClN6O. The Kier molecular flexibility index (Phi) is 2.12. The van der Waals surface area contributed by atoms with Crippen LogP contribution < -0.4 is 5.56 Å². The number of nitrogens with zero attached hydrogens (tertiary/aromatic N) is 5. The van der Waals surface area contributed by atoms with Gasteiger partial charge in [-0.05, 0) is 18.2 Å². The third-order valence-electron chi connectivity index (χ3n) is 2.14. The van der Waals surface area contributed by atoms with E-state index in [4.69, 9.17) is 11.6 Å². The maximum atomic E-state index is 10.9. The molecule has 3 aromatic heterocycles. The smallest absolute Gasteiger partial charge is 0.264 e. The van der Waals surface area contributed by atoms with Crippen LogP contribution in [0.2, 0.25) is 5.15 Å². The highest BCUT2D eigenvalue weighted by Gasteiger charge is 2.10. The van der Waals surface area contributed by atoms with E-state index >= 15 is 0 Å². The summed E-state index contributed by atoms with van der Waals surface area (Å²) in [5.74, 6) is 0.416. The summed E-state index contributed by atoms with van der Waals surface area (Å²) in [4.78, 5) is 10.9. The van der Waals surface area contributed by atoms with Crippen LogP contribution in [0.3, 0.4) is 0 Å². The van der Waals surface area contributed by atoms with Crippen LogP contribution in [0.5, 0.6) is 0 Å². The molecule has 0 aliphatic carbocycles. The van der Waals surface area contributed by atoms with Gasteiger partial charge in [-0.25, -0.2) is 5.10 Å². The van der Waals surface area contributed by atoms with Crippen LogP contribution in [0.1, 0.15) is 0 Å². The van der Waals surface area contributed by atoms with Gasteiger partial charge in [0.05, 0.1) is 0 Å². The number of H-pyrrole nitrogens is 1. The highest BCUT2D eigenvalue weighted by Crippen LogP contribution is 2.14. The normalized spacial score (nSPS) is 10.9. The van der Waals surface area contributed by atoms with E-state index < -0.39 is 0 Å². The van der Waals surface area contributed by atoms with E-state index in [-0.39, 0.29) is 5.56 Å². The molecule has 0 amide bonds. The quantitative estimate of drug-likeness (QED) is 0.678. The number of hydrogen-bond acceptors (Lipinski definition) is 5. The van der Waals surface area contributed by atoms with Gasteiger partial charge in [0.15, 0.2) is 5.65 Å². The number of halogens is 1. The van der Waals surface area contributed by atoms with Crippen LogP contribution in [-0.4, -0.2) is 30.0 Å². The van der Waals surface area contributed by atoms with E-state index in [0.29, 0.717) is 22.3 Å². The minimum absolute atomic E-state index is 0.284. The van der Waals surface area contributed by atoms with E-state index in [0.717, 1.165) is 0 Å². The Labute approximate surface area is 99.1 Å². The lowest BCUT2D eigenvalue weighted by atomic mass is 10.4. The molecule has 0 unspecified atom stereocenters. The predicted octanol–water partition coefficient (Wildman–Crippen LogP) is 0.528. The zero-order chi connectivity index (χ0) is 11.8. The highest BCUT2D eigenvalue weighted by atomic mass is 35.5. The highest BCUT2D eigenvalue weighted by molar-refractivity contribution is 6.29. The Hall–Kier alpha value is -2.28. The molecule has 0 fully saturated rings. The van der Waals surface area contributed by atoms with Crippen molar-refractivity contribution in [1.82, 2.24) is 30.0 Å². The monoisotopic (exact) mass is 248 g/mol. The Morgan fingerprint density at radius 3 is 2.82 bits per heavy atom. The van der Waals surface area contributed by atoms with Crippen molar-refractivity contribution in [2.24, 2.45) is 0 Å².